The van der Waals surface area contributed by atoms with Gasteiger partial charge in [0.05, 0.1) is 46.4 Å². The van der Waals surface area contributed by atoms with Crippen LogP contribution in [0.5, 0.6) is 0 Å². The van der Waals surface area contributed by atoms with Gasteiger partial charge in [-0.1, -0.05) is 11.3 Å². The zero-order valence-corrected chi connectivity index (χ0v) is 21.5. The quantitative estimate of drug-likeness (QED) is 0.351. The number of aliphatic hydroxyl groups excluding tert-OH is 1. The highest BCUT2D eigenvalue weighted by molar-refractivity contribution is 7.18. The van der Waals surface area contributed by atoms with Gasteiger partial charge in [0.25, 0.3) is 0 Å². The number of anilines is 2. The molecule has 0 bridgehead atoms. The number of fused-ring (bicyclic) bond motifs is 1. The Bertz CT molecular complexity index is 1490. The standard InChI is InChI=1S/C25H27N9O2S/c1-14(2)29-20-9-21(22-5-4-17-8-16(10-26)11-28-34(17)22)27-12-18(20)24-31-32-25(37-24)33-7-6-19(23(36)13-33)30-15(3)35/h4-5,8-9,11-12,14,19,23,36H,6-7,13H2,1-3H3,(H,27,29)(H,30,35)/t19-,23-/m0/s1. The maximum absolute atomic E-state index is 11.4. The summed E-state index contributed by atoms with van der Waals surface area (Å²) < 4.78 is 1.76. The molecule has 1 aliphatic rings. The molecule has 0 spiro atoms. The van der Waals surface area contributed by atoms with Crippen molar-refractivity contribution in [2.45, 2.75) is 45.4 Å². The van der Waals surface area contributed by atoms with Crippen LogP contribution in [-0.4, -0.2) is 67.1 Å². The molecular formula is C25H27N9O2S. The van der Waals surface area contributed by atoms with Gasteiger partial charge in [0.15, 0.2) is 5.01 Å². The number of amides is 1. The molecule has 5 rings (SSSR count). The van der Waals surface area contributed by atoms with Crippen molar-refractivity contribution in [2.75, 3.05) is 23.3 Å². The first kappa shape index (κ1) is 24.6. The number of hydrogen-bond donors (Lipinski definition) is 3. The van der Waals surface area contributed by atoms with Crippen molar-refractivity contribution in [3.8, 4) is 28.0 Å². The molecule has 0 aliphatic carbocycles. The predicted octanol–water partition coefficient (Wildman–Crippen LogP) is 2.68. The predicted molar refractivity (Wildman–Crippen MR) is 141 cm³/mol. The number of pyridine rings is 1. The summed E-state index contributed by atoms with van der Waals surface area (Å²) in [6.07, 6.45) is 3.27. The van der Waals surface area contributed by atoms with Gasteiger partial charge in [-0.15, -0.1) is 10.2 Å². The monoisotopic (exact) mass is 517 g/mol. The molecule has 5 heterocycles. The van der Waals surface area contributed by atoms with Gasteiger partial charge in [-0.3, -0.25) is 9.78 Å². The Balaban J connectivity index is 1.43. The number of piperidine rings is 1. The van der Waals surface area contributed by atoms with Crippen LogP contribution in [0, 0.1) is 11.3 Å². The van der Waals surface area contributed by atoms with Crippen molar-refractivity contribution >= 4 is 33.6 Å². The van der Waals surface area contributed by atoms with E-state index in [9.17, 15) is 9.90 Å². The smallest absolute Gasteiger partial charge is 0.217 e. The Hall–Kier alpha value is -4.08. The largest absolute Gasteiger partial charge is 0.389 e. The summed E-state index contributed by atoms with van der Waals surface area (Å²) in [7, 11) is 0. The number of carbonyl (C=O) groups is 1. The first-order valence-electron chi connectivity index (χ1n) is 12.0. The Morgan fingerprint density at radius 2 is 2.11 bits per heavy atom. The third-order valence-corrected chi connectivity index (χ3v) is 7.14. The highest BCUT2D eigenvalue weighted by Gasteiger charge is 2.30. The first-order valence-corrected chi connectivity index (χ1v) is 12.8. The third-order valence-electron chi connectivity index (χ3n) is 6.13. The normalized spacial score (nSPS) is 17.7. The second-order valence-electron chi connectivity index (χ2n) is 9.32. The van der Waals surface area contributed by atoms with E-state index in [1.165, 1.54) is 24.5 Å². The average molecular weight is 518 g/mol. The Morgan fingerprint density at radius 3 is 2.84 bits per heavy atom. The second kappa shape index (κ2) is 10.1. The molecule has 37 heavy (non-hydrogen) atoms. The molecule has 11 nitrogen and oxygen atoms in total. The molecule has 12 heteroatoms. The molecule has 190 valence electrons. The number of nitrogens with zero attached hydrogens (tertiary/aromatic N) is 7. The topological polar surface area (TPSA) is 144 Å². The fourth-order valence-corrected chi connectivity index (χ4v) is 5.34. The van der Waals surface area contributed by atoms with Crippen LogP contribution in [-0.2, 0) is 4.79 Å². The summed E-state index contributed by atoms with van der Waals surface area (Å²) in [5.74, 6) is -0.146. The highest BCUT2D eigenvalue weighted by atomic mass is 32.1. The molecule has 4 aromatic heterocycles. The van der Waals surface area contributed by atoms with Gasteiger partial charge in [0.2, 0.25) is 11.0 Å². The van der Waals surface area contributed by atoms with E-state index in [0.717, 1.165) is 28.2 Å². The number of hydrogen-bond acceptors (Lipinski definition) is 10. The average Bonchev–Trinajstić information content (AvgIpc) is 3.52. The van der Waals surface area contributed by atoms with E-state index in [1.54, 1.807) is 16.8 Å². The minimum atomic E-state index is -0.682. The molecular weight excluding hydrogens is 490 g/mol. The zero-order valence-electron chi connectivity index (χ0n) is 20.7. The lowest BCUT2D eigenvalue weighted by atomic mass is 10.0. The highest BCUT2D eigenvalue weighted by Crippen LogP contribution is 2.36. The molecule has 4 aromatic rings. The van der Waals surface area contributed by atoms with E-state index < -0.39 is 6.10 Å². The third kappa shape index (κ3) is 5.09. The minimum absolute atomic E-state index is 0.146. The van der Waals surface area contributed by atoms with E-state index in [-0.39, 0.29) is 18.0 Å². The molecule has 0 aromatic carbocycles. The molecule has 1 amide bonds. The van der Waals surface area contributed by atoms with Gasteiger partial charge in [-0.25, -0.2) is 4.52 Å². The SMILES string of the molecule is CC(=O)N[C@H]1CCN(c2nnc(-c3cnc(-c4ccc5cc(C#N)cnn45)cc3NC(C)C)s2)C[C@@H]1O. The van der Waals surface area contributed by atoms with Crippen LogP contribution < -0.4 is 15.5 Å². The van der Waals surface area contributed by atoms with Crippen LogP contribution in [0.15, 0.2) is 36.7 Å². The lowest BCUT2D eigenvalue weighted by Crippen LogP contribution is -2.53. The summed E-state index contributed by atoms with van der Waals surface area (Å²) in [5.41, 5.74) is 4.56. The summed E-state index contributed by atoms with van der Waals surface area (Å²) in [5, 5.41) is 40.6. The summed E-state index contributed by atoms with van der Waals surface area (Å²) in [6, 6.07) is 9.63. The Kier molecular flexibility index (Phi) is 6.73. The van der Waals surface area contributed by atoms with E-state index in [1.807, 2.05) is 23.1 Å². The lowest BCUT2D eigenvalue weighted by molar-refractivity contribution is -0.120. The van der Waals surface area contributed by atoms with E-state index in [0.29, 0.717) is 35.2 Å². The van der Waals surface area contributed by atoms with Gasteiger partial charge in [-0.05, 0) is 44.5 Å². The van der Waals surface area contributed by atoms with Crippen molar-refractivity contribution < 1.29 is 9.90 Å². The van der Waals surface area contributed by atoms with Crippen molar-refractivity contribution in [1.82, 2.24) is 30.1 Å². The number of nitrogens with one attached hydrogen (secondary N) is 2. The van der Waals surface area contributed by atoms with Crippen LogP contribution in [0.25, 0.3) is 27.5 Å². The zero-order chi connectivity index (χ0) is 26.1. The van der Waals surface area contributed by atoms with Gasteiger partial charge in [0.1, 0.15) is 6.07 Å². The summed E-state index contributed by atoms with van der Waals surface area (Å²) in [4.78, 5) is 18.1. The number of β-amino-alcohol motifs (C(OH)–C–C–N with tert-alkyl or cyclic N) is 1. The fraction of sp³-hybridized carbons (Fsp3) is 0.360. The van der Waals surface area contributed by atoms with Crippen LogP contribution in [0.2, 0.25) is 0 Å². The maximum Gasteiger partial charge on any atom is 0.217 e. The van der Waals surface area contributed by atoms with Crippen LogP contribution in [0.1, 0.15) is 32.8 Å². The van der Waals surface area contributed by atoms with Crippen LogP contribution in [0.4, 0.5) is 10.8 Å². The number of carbonyl (C=O) groups excluding carboxylic acids is 1. The van der Waals surface area contributed by atoms with E-state index >= 15 is 0 Å². The van der Waals surface area contributed by atoms with Crippen molar-refractivity contribution in [1.29, 1.82) is 5.26 Å². The van der Waals surface area contributed by atoms with Crippen LogP contribution in [0.3, 0.4) is 0 Å². The van der Waals surface area contributed by atoms with Crippen molar-refractivity contribution in [3.05, 3.63) is 42.2 Å². The molecule has 1 aliphatic heterocycles. The Morgan fingerprint density at radius 1 is 1.27 bits per heavy atom. The second-order valence-corrected chi connectivity index (χ2v) is 10.3. The van der Waals surface area contributed by atoms with Gasteiger partial charge >= 0.3 is 0 Å². The molecule has 2 atom stereocenters. The summed E-state index contributed by atoms with van der Waals surface area (Å²) >= 11 is 1.44. The lowest BCUT2D eigenvalue weighted by Gasteiger charge is -2.35. The van der Waals surface area contributed by atoms with E-state index in [4.69, 9.17) is 10.2 Å². The molecule has 0 saturated carbocycles. The van der Waals surface area contributed by atoms with Crippen molar-refractivity contribution in [3.63, 3.8) is 0 Å². The summed E-state index contributed by atoms with van der Waals surface area (Å²) in [6.45, 7) is 6.61. The Labute approximate surface area is 217 Å². The van der Waals surface area contributed by atoms with Crippen LogP contribution >= 0.6 is 11.3 Å². The van der Waals surface area contributed by atoms with Gasteiger partial charge < -0.3 is 20.6 Å². The number of aliphatic hydroxyl groups is 1. The van der Waals surface area contributed by atoms with Gasteiger partial charge in [-0.2, -0.15) is 10.4 Å². The molecule has 3 N–H and O–H groups in total. The molecule has 0 unspecified atom stereocenters. The number of aromatic nitrogens is 5. The first-order chi connectivity index (χ1) is 17.8. The fourth-order valence-electron chi connectivity index (χ4n) is 4.44. The van der Waals surface area contributed by atoms with Gasteiger partial charge in [0, 0.05) is 37.9 Å². The maximum atomic E-state index is 11.4. The van der Waals surface area contributed by atoms with Crippen molar-refractivity contribution in [2.24, 2.45) is 0 Å². The molecule has 1 saturated heterocycles. The number of nitriles is 1. The molecule has 1 fully saturated rings. The number of rotatable bonds is 6. The minimum Gasteiger partial charge on any atom is -0.389 e. The molecule has 0 radical (unpaired) electrons. The van der Waals surface area contributed by atoms with E-state index in [2.05, 4.69) is 45.8 Å².